The number of aromatic nitrogens is 1. The van der Waals surface area contributed by atoms with Crippen LogP contribution < -0.4 is 5.32 Å². The molecule has 30 heavy (non-hydrogen) atoms. The predicted octanol–water partition coefficient (Wildman–Crippen LogP) is 6.75. The van der Waals surface area contributed by atoms with Gasteiger partial charge in [-0.15, -0.1) is 11.8 Å². The number of rotatable bonds is 7. The van der Waals surface area contributed by atoms with E-state index in [1.807, 2.05) is 18.2 Å². The van der Waals surface area contributed by atoms with Crippen LogP contribution in [0.25, 0.3) is 10.9 Å². The van der Waals surface area contributed by atoms with Crippen LogP contribution in [0.1, 0.15) is 18.1 Å². The van der Waals surface area contributed by atoms with Gasteiger partial charge < -0.3 is 9.88 Å². The van der Waals surface area contributed by atoms with E-state index in [2.05, 4.69) is 93.5 Å². The molecule has 152 valence electrons. The highest BCUT2D eigenvalue weighted by Crippen LogP contribution is 2.30. The number of hydrogen-bond donors (Lipinski definition) is 1. The van der Waals surface area contributed by atoms with Gasteiger partial charge in [-0.3, -0.25) is 4.79 Å². The van der Waals surface area contributed by atoms with Gasteiger partial charge in [-0.2, -0.15) is 0 Å². The summed E-state index contributed by atoms with van der Waals surface area (Å²) < 4.78 is 3.33. The van der Waals surface area contributed by atoms with Gasteiger partial charge in [0.15, 0.2) is 0 Å². The topological polar surface area (TPSA) is 34.0 Å². The lowest BCUT2D eigenvalue weighted by atomic mass is 10.1. The van der Waals surface area contributed by atoms with Crippen molar-refractivity contribution < 1.29 is 4.79 Å². The maximum absolute atomic E-state index is 12.5. The molecule has 4 aromatic rings. The molecule has 0 bridgehead atoms. The van der Waals surface area contributed by atoms with E-state index in [1.54, 1.807) is 11.8 Å². The van der Waals surface area contributed by atoms with Crippen molar-refractivity contribution >= 4 is 50.2 Å². The third-order valence-electron chi connectivity index (χ3n) is 5.02. The number of halogens is 1. The standard InChI is InChI=1S/C25H23BrN2OS/c1-2-18-9-13-21(14-10-18)27-25(29)17-30-24-16-28(23-6-4-3-5-22(23)24)15-19-7-11-20(26)12-8-19/h3-14,16H,2,15,17H2,1H3,(H,27,29). The van der Waals surface area contributed by atoms with Gasteiger partial charge in [0.25, 0.3) is 0 Å². The van der Waals surface area contributed by atoms with E-state index in [0.717, 1.165) is 28.0 Å². The number of amides is 1. The van der Waals surface area contributed by atoms with Crippen LogP contribution in [0.2, 0.25) is 0 Å². The van der Waals surface area contributed by atoms with Gasteiger partial charge in [-0.05, 0) is 47.9 Å². The molecule has 0 radical (unpaired) electrons. The summed E-state index contributed by atoms with van der Waals surface area (Å²) in [7, 11) is 0. The van der Waals surface area contributed by atoms with Crippen molar-refractivity contribution in [1.29, 1.82) is 0 Å². The summed E-state index contributed by atoms with van der Waals surface area (Å²) in [6.07, 6.45) is 3.15. The lowest BCUT2D eigenvalue weighted by Gasteiger charge is -2.06. The number of hydrogen-bond acceptors (Lipinski definition) is 2. The summed E-state index contributed by atoms with van der Waals surface area (Å²) in [5.41, 5.74) is 4.53. The monoisotopic (exact) mass is 478 g/mol. The SMILES string of the molecule is CCc1ccc(NC(=O)CSc2cn(Cc3ccc(Br)cc3)c3ccccc23)cc1. The van der Waals surface area contributed by atoms with Gasteiger partial charge >= 0.3 is 0 Å². The largest absolute Gasteiger partial charge is 0.342 e. The Morgan fingerprint density at radius 3 is 2.40 bits per heavy atom. The number of para-hydroxylation sites is 1. The average Bonchev–Trinajstić information content (AvgIpc) is 3.12. The summed E-state index contributed by atoms with van der Waals surface area (Å²) in [6, 6.07) is 24.8. The van der Waals surface area contributed by atoms with Crippen molar-refractivity contribution in [3.05, 3.63) is 94.6 Å². The molecule has 0 aliphatic heterocycles. The molecule has 0 aliphatic carbocycles. The molecule has 0 unspecified atom stereocenters. The first-order valence-corrected chi connectivity index (χ1v) is 11.7. The Morgan fingerprint density at radius 2 is 1.67 bits per heavy atom. The Morgan fingerprint density at radius 1 is 0.967 bits per heavy atom. The van der Waals surface area contributed by atoms with E-state index in [9.17, 15) is 4.79 Å². The summed E-state index contributed by atoms with van der Waals surface area (Å²) in [4.78, 5) is 13.6. The minimum atomic E-state index is 0.00832. The molecule has 3 nitrogen and oxygen atoms in total. The minimum Gasteiger partial charge on any atom is -0.342 e. The van der Waals surface area contributed by atoms with Crippen LogP contribution in [0.15, 0.2) is 88.4 Å². The number of nitrogens with zero attached hydrogens (tertiary/aromatic N) is 1. The Bertz CT molecular complexity index is 1150. The van der Waals surface area contributed by atoms with E-state index in [0.29, 0.717) is 5.75 Å². The van der Waals surface area contributed by atoms with Crippen LogP contribution in [0.5, 0.6) is 0 Å². The third-order valence-corrected chi connectivity index (χ3v) is 6.59. The smallest absolute Gasteiger partial charge is 0.234 e. The highest BCUT2D eigenvalue weighted by atomic mass is 79.9. The van der Waals surface area contributed by atoms with Crippen LogP contribution in [0.4, 0.5) is 5.69 Å². The molecule has 1 amide bonds. The molecule has 5 heteroatoms. The van der Waals surface area contributed by atoms with Crippen LogP contribution in [-0.2, 0) is 17.8 Å². The number of carbonyl (C=O) groups excluding carboxylic acids is 1. The van der Waals surface area contributed by atoms with Gasteiger partial charge in [-0.25, -0.2) is 0 Å². The molecule has 0 saturated heterocycles. The van der Waals surface area contributed by atoms with Crippen molar-refractivity contribution in [1.82, 2.24) is 4.57 Å². The first kappa shape index (κ1) is 20.8. The van der Waals surface area contributed by atoms with E-state index in [4.69, 9.17) is 0 Å². The number of anilines is 1. The van der Waals surface area contributed by atoms with Crippen LogP contribution in [0, 0.1) is 0 Å². The Balaban J connectivity index is 1.47. The van der Waals surface area contributed by atoms with Crippen molar-refractivity contribution in [3.8, 4) is 0 Å². The third kappa shape index (κ3) is 4.97. The molecule has 1 heterocycles. The highest BCUT2D eigenvalue weighted by Gasteiger charge is 2.11. The molecular weight excluding hydrogens is 456 g/mol. The number of thioether (sulfide) groups is 1. The second kappa shape index (κ2) is 9.54. The number of benzene rings is 3. The van der Waals surface area contributed by atoms with Crippen LogP contribution >= 0.6 is 27.7 Å². The molecule has 0 fully saturated rings. The normalized spacial score (nSPS) is 11.0. The summed E-state index contributed by atoms with van der Waals surface area (Å²) in [5, 5.41) is 4.17. The van der Waals surface area contributed by atoms with E-state index in [1.165, 1.54) is 22.0 Å². The lowest BCUT2D eigenvalue weighted by molar-refractivity contribution is -0.113. The van der Waals surface area contributed by atoms with Crippen molar-refractivity contribution in [2.24, 2.45) is 0 Å². The fourth-order valence-electron chi connectivity index (χ4n) is 3.41. The molecule has 1 aromatic heterocycles. The fraction of sp³-hybridized carbons (Fsp3) is 0.160. The van der Waals surface area contributed by atoms with Gasteiger partial charge in [-0.1, -0.05) is 65.3 Å². The zero-order chi connectivity index (χ0) is 20.9. The molecule has 0 aliphatic rings. The van der Waals surface area contributed by atoms with Crippen molar-refractivity contribution in [2.75, 3.05) is 11.1 Å². The number of aryl methyl sites for hydroxylation is 1. The van der Waals surface area contributed by atoms with Gasteiger partial charge in [0.1, 0.15) is 0 Å². The van der Waals surface area contributed by atoms with E-state index >= 15 is 0 Å². The second-order valence-electron chi connectivity index (χ2n) is 7.15. The zero-order valence-corrected chi connectivity index (χ0v) is 19.2. The van der Waals surface area contributed by atoms with E-state index < -0.39 is 0 Å². The number of fused-ring (bicyclic) bond motifs is 1. The first-order chi connectivity index (χ1) is 14.6. The number of carbonyl (C=O) groups is 1. The van der Waals surface area contributed by atoms with E-state index in [-0.39, 0.29) is 5.91 Å². The average molecular weight is 479 g/mol. The second-order valence-corrected chi connectivity index (χ2v) is 9.09. The Hall–Kier alpha value is -2.50. The van der Waals surface area contributed by atoms with Gasteiger partial charge in [0, 0.05) is 38.7 Å². The maximum Gasteiger partial charge on any atom is 0.234 e. The molecule has 1 N–H and O–H groups in total. The lowest BCUT2D eigenvalue weighted by Crippen LogP contribution is -2.13. The van der Waals surface area contributed by atoms with Crippen LogP contribution in [-0.4, -0.2) is 16.2 Å². The van der Waals surface area contributed by atoms with Crippen LogP contribution in [0.3, 0.4) is 0 Å². The summed E-state index contributed by atoms with van der Waals surface area (Å²) >= 11 is 5.07. The summed E-state index contributed by atoms with van der Waals surface area (Å²) in [5.74, 6) is 0.385. The minimum absolute atomic E-state index is 0.00832. The summed E-state index contributed by atoms with van der Waals surface area (Å²) in [6.45, 7) is 2.92. The molecule has 0 atom stereocenters. The molecule has 4 rings (SSSR count). The van der Waals surface area contributed by atoms with Crippen molar-refractivity contribution in [2.45, 2.75) is 24.8 Å². The van der Waals surface area contributed by atoms with Gasteiger partial charge in [0.05, 0.1) is 5.75 Å². The Labute approximate surface area is 189 Å². The quantitative estimate of drug-likeness (QED) is 0.298. The first-order valence-electron chi connectivity index (χ1n) is 9.96. The molecule has 3 aromatic carbocycles. The molecular formula is C25H23BrN2OS. The van der Waals surface area contributed by atoms with Crippen molar-refractivity contribution in [3.63, 3.8) is 0 Å². The highest BCUT2D eigenvalue weighted by molar-refractivity contribution is 9.10. The molecule has 0 spiro atoms. The molecule has 0 saturated carbocycles. The van der Waals surface area contributed by atoms with Gasteiger partial charge in [0.2, 0.25) is 5.91 Å². The number of nitrogens with one attached hydrogen (secondary N) is 1. The maximum atomic E-state index is 12.5. The predicted molar refractivity (Wildman–Crippen MR) is 130 cm³/mol. The Kier molecular flexibility index (Phi) is 6.60. The zero-order valence-electron chi connectivity index (χ0n) is 16.8. The fourth-order valence-corrected chi connectivity index (χ4v) is 4.56.